The quantitative estimate of drug-likeness (QED) is 0.600. The molecule has 0 aliphatic carbocycles. The third-order valence-electron chi connectivity index (χ3n) is 5.11. The smallest absolute Gasteiger partial charge is 0.337 e. The Balaban J connectivity index is 1.90. The second-order valence-corrected chi connectivity index (χ2v) is 6.82. The van der Waals surface area contributed by atoms with Crippen LogP contribution in [0.15, 0.2) is 51.7 Å². The molecule has 2 aromatic carbocycles. The number of halogens is 1. The van der Waals surface area contributed by atoms with Crippen LogP contribution in [-0.2, 0) is 9.47 Å². The number of methoxy groups -OCH3 is 2. The molecule has 1 aliphatic rings. The Hall–Kier alpha value is -3.52. The van der Waals surface area contributed by atoms with Gasteiger partial charge in [0.15, 0.2) is 5.43 Å². The molecule has 0 N–H and O–H groups in total. The van der Waals surface area contributed by atoms with Gasteiger partial charge in [0.1, 0.15) is 11.4 Å². The summed E-state index contributed by atoms with van der Waals surface area (Å²) in [6.07, 6.45) is 0. The van der Waals surface area contributed by atoms with Crippen molar-refractivity contribution in [1.29, 1.82) is 0 Å². The van der Waals surface area contributed by atoms with Gasteiger partial charge in [0, 0.05) is 13.7 Å². The minimum Gasteiger partial charge on any atom is -0.465 e. The van der Waals surface area contributed by atoms with E-state index in [1.54, 1.807) is 24.3 Å². The average molecular weight is 411 g/mol. The van der Waals surface area contributed by atoms with E-state index in [0.717, 1.165) is 6.07 Å². The molecule has 1 aliphatic heterocycles. The Labute approximate surface area is 170 Å². The predicted molar refractivity (Wildman–Crippen MR) is 105 cm³/mol. The van der Waals surface area contributed by atoms with Crippen LogP contribution in [0.1, 0.15) is 38.1 Å². The van der Waals surface area contributed by atoms with Crippen molar-refractivity contribution in [3.8, 4) is 0 Å². The van der Waals surface area contributed by atoms with E-state index in [2.05, 4.69) is 0 Å². The summed E-state index contributed by atoms with van der Waals surface area (Å²) < 4.78 is 29.3. The standard InChI is InChI=1S/C22H18FNO6/c1-28-10-9-24-18(12-3-5-13(6-4-12)22(27)29-2)17-19(25)15-11-14(23)7-8-16(15)30-20(17)21(24)26/h3-8,11,18H,9-10H2,1-2H3/t18-/m1/s1. The van der Waals surface area contributed by atoms with Gasteiger partial charge < -0.3 is 18.8 Å². The van der Waals surface area contributed by atoms with Gasteiger partial charge in [-0.05, 0) is 35.9 Å². The van der Waals surface area contributed by atoms with E-state index in [-0.39, 0.29) is 35.4 Å². The maximum absolute atomic E-state index is 13.7. The number of rotatable bonds is 5. The molecule has 1 aromatic heterocycles. The first kappa shape index (κ1) is 19.8. The highest BCUT2D eigenvalue weighted by atomic mass is 19.1. The maximum Gasteiger partial charge on any atom is 0.337 e. The molecular weight excluding hydrogens is 393 g/mol. The summed E-state index contributed by atoms with van der Waals surface area (Å²) >= 11 is 0. The summed E-state index contributed by atoms with van der Waals surface area (Å²) in [5.41, 5.74) is 0.749. The van der Waals surface area contributed by atoms with E-state index in [9.17, 15) is 18.8 Å². The molecule has 8 heteroatoms. The van der Waals surface area contributed by atoms with Gasteiger partial charge in [-0.25, -0.2) is 9.18 Å². The van der Waals surface area contributed by atoms with Crippen LogP contribution in [0.4, 0.5) is 4.39 Å². The number of fused-ring (bicyclic) bond motifs is 2. The molecule has 0 saturated heterocycles. The van der Waals surface area contributed by atoms with E-state index in [1.807, 2.05) is 0 Å². The first-order chi connectivity index (χ1) is 14.5. The highest BCUT2D eigenvalue weighted by Crippen LogP contribution is 2.38. The molecule has 154 valence electrons. The molecule has 0 spiro atoms. The first-order valence-corrected chi connectivity index (χ1v) is 9.20. The zero-order valence-corrected chi connectivity index (χ0v) is 16.3. The molecule has 0 fully saturated rings. The lowest BCUT2D eigenvalue weighted by Gasteiger charge is -2.24. The first-order valence-electron chi connectivity index (χ1n) is 9.20. The van der Waals surface area contributed by atoms with Crippen molar-refractivity contribution in [2.75, 3.05) is 27.4 Å². The fourth-order valence-corrected chi connectivity index (χ4v) is 3.68. The summed E-state index contributed by atoms with van der Waals surface area (Å²) in [4.78, 5) is 39.5. The van der Waals surface area contributed by atoms with E-state index in [0.29, 0.717) is 11.1 Å². The van der Waals surface area contributed by atoms with Crippen molar-refractivity contribution in [2.24, 2.45) is 0 Å². The van der Waals surface area contributed by atoms with Crippen molar-refractivity contribution in [3.05, 3.63) is 81.0 Å². The predicted octanol–water partition coefficient (Wildman–Crippen LogP) is 2.91. The summed E-state index contributed by atoms with van der Waals surface area (Å²) in [5.74, 6) is -1.60. The zero-order valence-electron chi connectivity index (χ0n) is 16.3. The summed E-state index contributed by atoms with van der Waals surface area (Å²) in [6.45, 7) is 0.464. The SMILES string of the molecule is COCCN1C(=O)c2oc3ccc(F)cc3c(=O)c2[C@H]1c1ccc(C(=O)OC)cc1. The highest BCUT2D eigenvalue weighted by Gasteiger charge is 2.42. The normalized spacial score (nSPS) is 15.5. The van der Waals surface area contributed by atoms with Gasteiger partial charge in [0.25, 0.3) is 5.91 Å². The molecule has 7 nitrogen and oxygen atoms in total. The fourth-order valence-electron chi connectivity index (χ4n) is 3.68. The van der Waals surface area contributed by atoms with Gasteiger partial charge in [0.05, 0.1) is 36.3 Å². The molecule has 0 bridgehead atoms. The summed E-state index contributed by atoms with van der Waals surface area (Å²) in [7, 11) is 2.79. The number of nitrogens with zero attached hydrogens (tertiary/aromatic N) is 1. The lowest BCUT2D eigenvalue weighted by atomic mass is 9.97. The van der Waals surface area contributed by atoms with Gasteiger partial charge in [-0.1, -0.05) is 12.1 Å². The van der Waals surface area contributed by atoms with Crippen LogP contribution in [0, 0.1) is 5.82 Å². The minimum atomic E-state index is -0.752. The van der Waals surface area contributed by atoms with Crippen LogP contribution >= 0.6 is 0 Å². The Morgan fingerprint density at radius 3 is 2.53 bits per heavy atom. The van der Waals surface area contributed by atoms with Crippen molar-refractivity contribution in [2.45, 2.75) is 6.04 Å². The largest absolute Gasteiger partial charge is 0.465 e. The van der Waals surface area contributed by atoms with Gasteiger partial charge in [-0.15, -0.1) is 0 Å². The van der Waals surface area contributed by atoms with Crippen molar-refractivity contribution in [3.63, 3.8) is 0 Å². The fraction of sp³-hybridized carbons (Fsp3) is 0.227. The van der Waals surface area contributed by atoms with Crippen LogP contribution in [0.5, 0.6) is 0 Å². The second kappa shape index (κ2) is 7.72. The third kappa shape index (κ3) is 3.15. The number of amides is 1. The molecule has 1 amide bonds. The zero-order chi connectivity index (χ0) is 21.4. The number of ether oxygens (including phenoxy) is 2. The summed E-state index contributed by atoms with van der Waals surface area (Å²) in [5, 5.41) is 0.0614. The average Bonchev–Trinajstić information content (AvgIpc) is 3.04. The van der Waals surface area contributed by atoms with E-state index in [4.69, 9.17) is 13.9 Å². The number of esters is 1. The molecule has 2 heterocycles. The lowest BCUT2D eigenvalue weighted by Crippen LogP contribution is -2.32. The Morgan fingerprint density at radius 1 is 1.13 bits per heavy atom. The Kier molecular flexibility index (Phi) is 5.09. The number of carbonyl (C=O) groups excluding carboxylic acids is 2. The van der Waals surface area contributed by atoms with Gasteiger partial charge in [0.2, 0.25) is 5.76 Å². The molecule has 30 heavy (non-hydrogen) atoms. The molecule has 4 rings (SSSR count). The molecule has 0 unspecified atom stereocenters. The molecular formula is C22H18FNO6. The topological polar surface area (TPSA) is 86.0 Å². The number of hydrogen-bond donors (Lipinski definition) is 0. The Morgan fingerprint density at radius 2 is 1.87 bits per heavy atom. The van der Waals surface area contributed by atoms with E-state index in [1.165, 1.54) is 31.3 Å². The van der Waals surface area contributed by atoms with Crippen LogP contribution in [0.25, 0.3) is 11.0 Å². The molecule has 0 radical (unpaired) electrons. The van der Waals surface area contributed by atoms with Crippen LogP contribution in [0.2, 0.25) is 0 Å². The number of benzene rings is 2. The Bertz CT molecular complexity index is 1200. The molecule has 0 saturated carbocycles. The summed E-state index contributed by atoms with van der Waals surface area (Å²) in [6, 6.07) is 9.25. The lowest BCUT2D eigenvalue weighted by molar-refractivity contribution is 0.0599. The molecule has 1 atom stereocenters. The highest BCUT2D eigenvalue weighted by molar-refractivity contribution is 5.99. The van der Waals surface area contributed by atoms with Gasteiger partial charge >= 0.3 is 5.97 Å². The van der Waals surface area contributed by atoms with Crippen molar-refractivity contribution < 1.29 is 27.9 Å². The van der Waals surface area contributed by atoms with Gasteiger partial charge in [-0.3, -0.25) is 9.59 Å². The minimum absolute atomic E-state index is 0.0614. The van der Waals surface area contributed by atoms with Crippen molar-refractivity contribution >= 4 is 22.8 Å². The van der Waals surface area contributed by atoms with E-state index < -0.39 is 29.2 Å². The number of hydrogen-bond acceptors (Lipinski definition) is 6. The third-order valence-corrected chi connectivity index (χ3v) is 5.11. The maximum atomic E-state index is 13.7. The van der Waals surface area contributed by atoms with Crippen LogP contribution in [0.3, 0.4) is 0 Å². The van der Waals surface area contributed by atoms with E-state index >= 15 is 0 Å². The number of carbonyl (C=O) groups is 2. The second-order valence-electron chi connectivity index (χ2n) is 6.82. The van der Waals surface area contributed by atoms with Gasteiger partial charge in [-0.2, -0.15) is 0 Å². The van der Waals surface area contributed by atoms with Crippen molar-refractivity contribution in [1.82, 2.24) is 4.90 Å². The van der Waals surface area contributed by atoms with Crippen LogP contribution < -0.4 is 5.43 Å². The van der Waals surface area contributed by atoms with Crippen LogP contribution in [-0.4, -0.2) is 44.1 Å². The molecule has 3 aromatic rings. The monoisotopic (exact) mass is 411 g/mol.